The fraction of sp³-hybridized carbons (Fsp3) is 0.250. The first-order chi connectivity index (χ1) is 11.9. The molecule has 0 aliphatic heterocycles. The van der Waals surface area contributed by atoms with Crippen LogP contribution in [0.2, 0.25) is 0 Å². The van der Waals surface area contributed by atoms with Gasteiger partial charge in [0.2, 0.25) is 0 Å². The van der Waals surface area contributed by atoms with Gasteiger partial charge in [0.1, 0.15) is 0 Å². The highest BCUT2D eigenvalue weighted by Gasteiger charge is 2.40. The minimum Gasteiger partial charge on any atom is -0.0619 e. The van der Waals surface area contributed by atoms with Crippen molar-refractivity contribution in [2.75, 3.05) is 0 Å². The molecule has 5 rings (SSSR count). The lowest BCUT2D eigenvalue weighted by molar-refractivity contribution is 0.348. The Kier molecular flexibility index (Phi) is 3.13. The molecule has 0 aromatic heterocycles. The molecule has 0 nitrogen and oxygen atoms in total. The maximum absolute atomic E-state index is 2.39. The molecule has 0 N–H and O–H groups in total. The van der Waals surface area contributed by atoms with E-state index in [2.05, 4.69) is 72.8 Å². The Labute approximate surface area is 144 Å². The molecule has 3 aromatic rings. The molecule has 0 bridgehead atoms. The molecular weight excluding hydrogens is 288 g/mol. The van der Waals surface area contributed by atoms with E-state index in [1.165, 1.54) is 54.4 Å². The summed E-state index contributed by atoms with van der Waals surface area (Å²) in [6.07, 6.45) is 6.58. The van der Waals surface area contributed by atoms with Crippen molar-refractivity contribution in [3.8, 4) is 22.3 Å². The van der Waals surface area contributed by atoms with Crippen molar-refractivity contribution in [1.29, 1.82) is 0 Å². The Balaban J connectivity index is 1.94. The normalized spacial score (nSPS) is 17.5. The molecule has 0 radical (unpaired) electrons. The van der Waals surface area contributed by atoms with Crippen LogP contribution in [-0.4, -0.2) is 0 Å². The van der Waals surface area contributed by atoms with Gasteiger partial charge in [0.15, 0.2) is 0 Å². The maximum atomic E-state index is 2.39. The highest BCUT2D eigenvalue weighted by atomic mass is 14.4. The predicted molar refractivity (Wildman–Crippen MR) is 101 cm³/mol. The van der Waals surface area contributed by atoms with Crippen LogP contribution >= 0.6 is 0 Å². The summed E-state index contributed by atoms with van der Waals surface area (Å²) >= 11 is 0. The first-order valence-corrected chi connectivity index (χ1v) is 9.19. The molecule has 2 aliphatic rings. The molecule has 0 heterocycles. The van der Waals surface area contributed by atoms with Crippen LogP contribution in [0.5, 0.6) is 0 Å². The van der Waals surface area contributed by atoms with Crippen molar-refractivity contribution in [3.05, 3.63) is 83.9 Å². The van der Waals surface area contributed by atoms with Crippen LogP contribution in [0.1, 0.15) is 43.2 Å². The molecule has 3 aromatic carbocycles. The molecule has 0 unspecified atom stereocenters. The Hall–Kier alpha value is -2.34. The Morgan fingerprint density at radius 2 is 0.875 bits per heavy atom. The van der Waals surface area contributed by atoms with Gasteiger partial charge >= 0.3 is 0 Å². The topological polar surface area (TPSA) is 0 Å². The van der Waals surface area contributed by atoms with E-state index in [9.17, 15) is 0 Å². The third kappa shape index (κ3) is 1.86. The second kappa shape index (κ2) is 5.34. The van der Waals surface area contributed by atoms with E-state index in [-0.39, 0.29) is 5.41 Å². The average Bonchev–Trinajstić information content (AvgIpc) is 2.77. The van der Waals surface area contributed by atoms with Gasteiger partial charge in [0.25, 0.3) is 0 Å². The van der Waals surface area contributed by atoms with Crippen molar-refractivity contribution in [1.82, 2.24) is 0 Å². The first-order valence-electron chi connectivity index (χ1n) is 9.19. The second-order valence-electron chi connectivity index (χ2n) is 7.28. The molecule has 118 valence electrons. The maximum Gasteiger partial charge on any atom is 0.0215 e. The Morgan fingerprint density at radius 3 is 1.38 bits per heavy atom. The Bertz CT molecular complexity index is 829. The van der Waals surface area contributed by atoms with E-state index in [1.807, 2.05) is 0 Å². The van der Waals surface area contributed by atoms with E-state index in [1.54, 1.807) is 11.1 Å². The summed E-state index contributed by atoms with van der Waals surface area (Å²) in [4.78, 5) is 0. The molecular formula is C24H22. The van der Waals surface area contributed by atoms with Crippen molar-refractivity contribution in [3.63, 3.8) is 0 Å². The summed E-state index contributed by atoms with van der Waals surface area (Å²) in [7, 11) is 0. The van der Waals surface area contributed by atoms with Crippen LogP contribution in [-0.2, 0) is 5.41 Å². The van der Waals surface area contributed by atoms with E-state index in [0.717, 1.165) is 0 Å². The van der Waals surface area contributed by atoms with Crippen LogP contribution in [0.25, 0.3) is 22.3 Å². The van der Waals surface area contributed by atoms with E-state index in [0.29, 0.717) is 0 Å². The monoisotopic (exact) mass is 310 g/mol. The van der Waals surface area contributed by atoms with E-state index >= 15 is 0 Å². The minimum absolute atomic E-state index is 0.185. The summed E-state index contributed by atoms with van der Waals surface area (Å²) in [6, 6.07) is 27.2. The van der Waals surface area contributed by atoms with Gasteiger partial charge in [-0.2, -0.15) is 0 Å². The smallest absolute Gasteiger partial charge is 0.0215 e. The van der Waals surface area contributed by atoms with Crippen molar-refractivity contribution in [2.45, 2.75) is 37.5 Å². The van der Waals surface area contributed by atoms with E-state index in [4.69, 9.17) is 0 Å². The highest BCUT2D eigenvalue weighted by Crippen LogP contribution is 2.54. The zero-order valence-electron chi connectivity index (χ0n) is 14.0. The van der Waals surface area contributed by atoms with Gasteiger partial charge in [-0.1, -0.05) is 92.1 Å². The third-order valence-electron chi connectivity index (χ3n) is 6.10. The second-order valence-corrected chi connectivity index (χ2v) is 7.28. The van der Waals surface area contributed by atoms with Crippen LogP contribution < -0.4 is 0 Å². The summed E-state index contributed by atoms with van der Waals surface area (Å²) in [5.74, 6) is 0. The van der Waals surface area contributed by atoms with Gasteiger partial charge in [-0.25, -0.2) is 0 Å². The Morgan fingerprint density at radius 1 is 0.458 bits per heavy atom. The molecule has 24 heavy (non-hydrogen) atoms. The molecule has 0 amide bonds. The molecule has 0 saturated heterocycles. The quantitative estimate of drug-likeness (QED) is 0.439. The number of benzene rings is 3. The van der Waals surface area contributed by atoms with Gasteiger partial charge in [-0.15, -0.1) is 0 Å². The van der Waals surface area contributed by atoms with Crippen LogP contribution in [0.3, 0.4) is 0 Å². The van der Waals surface area contributed by atoms with Crippen LogP contribution in [0, 0.1) is 0 Å². The van der Waals surface area contributed by atoms with Crippen molar-refractivity contribution >= 4 is 0 Å². The van der Waals surface area contributed by atoms with Crippen molar-refractivity contribution < 1.29 is 0 Å². The minimum atomic E-state index is 0.185. The van der Waals surface area contributed by atoms with Crippen molar-refractivity contribution in [2.24, 2.45) is 0 Å². The number of rotatable bonds is 0. The zero-order valence-corrected chi connectivity index (χ0v) is 14.0. The third-order valence-corrected chi connectivity index (χ3v) is 6.10. The SMILES string of the molecule is c1ccc2c(c1)-c1ccccc1C1(CCCCC1)c1ccccc1-2. The highest BCUT2D eigenvalue weighted by molar-refractivity contribution is 5.90. The number of fused-ring (bicyclic) bond motifs is 7. The molecule has 1 spiro atoms. The number of hydrogen-bond acceptors (Lipinski definition) is 0. The fourth-order valence-corrected chi connectivity index (χ4v) is 5.06. The summed E-state index contributed by atoms with van der Waals surface area (Å²) < 4.78 is 0. The van der Waals surface area contributed by atoms with Crippen LogP contribution in [0.4, 0.5) is 0 Å². The van der Waals surface area contributed by atoms with Gasteiger partial charge in [0.05, 0.1) is 0 Å². The standard InChI is InChI=1S/C24H22/c1-8-16-24(17-9-1)22-14-6-4-12-20(22)18-10-2-3-11-19(18)21-13-5-7-15-23(21)24/h2-7,10-15H,1,8-9,16-17H2. The summed E-state index contributed by atoms with van der Waals surface area (Å²) in [5, 5.41) is 0. The lowest BCUT2D eigenvalue weighted by atomic mass is 9.64. The predicted octanol–water partition coefficient (Wildman–Crippen LogP) is 6.58. The van der Waals surface area contributed by atoms with Gasteiger partial charge in [-0.3, -0.25) is 0 Å². The van der Waals surface area contributed by atoms with Gasteiger partial charge in [-0.05, 0) is 46.2 Å². The fourth-order valence-electron chi connectivity index (χ4n) is 5.06. The average molecular weight is 310 g/mol. The summed E-state index contributed by atoms with van der Waals surface area (Å²) in [5.41, 5.74) is 8.93. The molecule has 1 saturated carbocycles. The zero-order chi connectivity index (χ0) is 16.0. The van der Waals surface area contributed by atoms with Crippen LogP contribution in [0.15, 0.2) is 72.8 Å². The van der Waals surface area contributed by atoms with Gasteiger partial charge in [0, 0.05) is 5.41 Å². The first kappa shape index (κ1) is 14.0. The molecule has 2 aliphatic carbocycles. The van der Waals surface area contributed by atoms with Gasteiger partial charge < -0.3 is 0 Å². The van der Waals surface area contributed by atoms with E-state index < -0.39 is 0 Å². The largest absolute Gasteiger partial charge is 0.0619 e. The molecule has 0 atom stereocenters. The lowest BCUT2D eigenvalue weighted by Crippen LogP contribution is -2.31. The number of hydrogen-bond donors (Lipinski definition) is 0. The lowest BCUT2D eigenvalue weighted by Gasteiger charge is -2.39. The molecule has 0 heteroatoms. The molecule has 1 fully saturated rings. The summed E-state index contributed by atoms with van der Waals surface area (Å²) in [6.45, 7) is 0.